The van der Waals surface area contributed by atoms with E-state index in [0.29, 0.717) is 0 Å². The fourth-order valence-electron chi connectivity index (χ4n) is 4.29. The quantitative estimate of drug-likeness (QED) is 0.527. The van der Waals surface area contributed by atoms with Crippen LogP contribution in [0.25, 0.3) is 32.5 Å². The molecule has 8 nitrogen and oxygen atoms in total. The predicted molar refractivity (Wildman–Crippen MR) is 122 cm³/mol. The van der Waals surface area contributed by atoms with Crippen molar-refractivity contribution in [2.24, 2.45) is 0 Å². The standard InChI is InChI=1S/C22H24N6O2S/c1-2-16(17-13-23-26-18(17)3-1)21-24-19-12-15(14-27-4-8-29-9-5-27)31-20(19)22(25-21)28-6-10-30-11-7-28/h1-3,12-13H,4-11,14H2,(H,23,26). The van der Waals surface area contributed by atoms with Crippen LogP contribution < -0.4 is 4.90 Å². The van der Waals surface area contributed by atoms with Crippen LogP contribution in [0, 0.1) is 0 Å². The number of nitrogens with one attached hydrogen (secondary N) is 1. The fourth-order valence-corrected chi connectivity index (χ4v) is 5.45. The average Bonchev–Trinajstić information content (AvgIpc) is 3.46. The molecular weight excluding hydrogens is 412 g/mol. The fraction of sp³-hybridized carbons (Fsp3) is 0.409. The second-order valence-corrected chi connectivity index (χ2v) is 9.06. The number of aromatic amines is 1. The van der Waals surface area contributed by atoms with Crippen molar-refractivity contribution in [2.45, 2.75) is 6.54 Å². The van der Waals surface area contributed by atoms with Crippen LogP contribution in [0.1, 0.15) is 4.88 Å². The zero-order valence-electron chi connectivity index (χ0n) is 17.2. The van der Waals surface area contributed by atoms with E-state index in [-0.39, 0.29) is 0 Å². The number of benzene rings is 1. The number of nitrogens with zero attached hydrogens (tertiary/aromatic N) is 5. The van der Waals surface area contributed by atoms with E-state index in [1.165, 1.54) is 4.88 Å². The number of rotatable bonds is 4. The Morgan fingerprint density at radius 3 is 2.65 bits per heavy atom. The van der Waals surface area contributed by atoms with Crippen LogP contribution in [-0.4, -0.2) is 77.7 Å². The van der Waals surface area contributed by atoms with Gasteiger partial charge in [0.2, 0.25) is 0 Å². The summed E-state index contributed by atoms with van der Waals surface area (Å²) < 4.78 is 12.3. The maximum atomic E-state index is 5.59. The van der Waals surface area contributed by atoms with Crippen LogP contribution in [0.4, 0.5) is 5.82 Å². The maximum absolute atomic E-state index is 5.59. The summed E-state index contributed by atoms with van der Waals surface area (Å²) in [6, 6.07) is 8.36. The van der Waals surface area contributed by atoms with Gasteiger partial charge in [0, 0.05) is 48.6 Å². The minimum Gasteiger partial charge on any atom is -0.379 e. The summed E-state index contributed by atoms with van der Waals surface area (Å²) in [6.45, 7) is 7.64. The number of morpholine rings is 2. The molecule has 4 aromatic rings. The number of anilines is 1. The third-order valence-corrected chi connectivity index (χ3v) is 7.03. The molecule has 9 heteroatoms. The lowest BCUT2D eigenvalue weighted by atomic mass is 10.1. The van der Waals surface area contributed by atoms with Crippen LogP contribution in [-0.2, 0) is 16.0 Å². The van der Waals surface area contributed by atoms with E-state index in [1.54, 1.807) is 0 Å². The van der Waals surface area contributed by atoms with Crippen molar-refractivity contribution in [1.82, 2.24) is 25.1 Å². The molecule has 0 unspecified atom stereocenters. The highest BCUT2D eigenvalue weighted by molar-refractivity contribution is 7.19. The van der Waals surface area contributed by atoms with Crippen molar-refractivity contribution in [3.8, 4) is 11.4 Å². The van der Waals surface area contributed by atoms with Crippen molar-refractivity contribution in [3.63, 3.8) is 0 Å². The molecule has 0 saturated carbocycles. The van der Waals surface area contributed by atoms with Crippen molar-refractivity contribution in [3.05, 3.63) is 35.3 Å². The lowest BCUT2D eigenvalue weighted by Gasteiger charge is -2.28. The molecule has 6 rings (SSSR count). The van der Waals surface area contributed by atoms with Gasteiger partial charge in [-0.2, -0.15) is 5.10 Å². The molecular formula is C22H24N6O2S. The first kappa shape index (κ1) is 19.1. The van der Waals surface area contributed by atoms with Gasteiger partial charge in [-0.05, 0) is 12.1 Å². The number of hydrogen-bond donors (Lipinski definition) is 1. The third kappa shape index (κ3) is 3.67. The number of ether oxygens (including phenoxy) is 2. The Bertz CT molecular complexity index is 1210. The number of thiophene rings is 1. The van der Waals surface area contributed by atoms with E-state index >= 15 is 0 Å². The highest BCUT2D eigenvalue weighted by Gasteiger charge is 2.22. The Balaban J connectivity index is 1.46. The molecule has 0 atom stereocenters. The summed E-state index contributed by atoms with van der Waals surface area (Å²) >= 11 is 1.81. The Kier molecular flexibility index (Phi) is 5.03. The smallest absolute Gasteiger partial charge is 0.162 e. The molecule has 1 aromatic carbocycles. The number of hydrogen-bond acceptors (Lipinski definition) is 8. The van der Waals surface area contributed by atoms with Gasteiger partial charge in [0.25, 0.3) is 0 Å². The van der Waals surface area contributed by atoms with Crippen molar-refractivity contribution in [1.29, 1.82) is 0 Å². The predicted octanol–water partition coefficient (Wildman–Crippen LogP) is 2.90. The van der Waals surface area contributed by atoms with E-state index in [4.69, 9.17) is 19.4 Å². The van der Waals surface area contributed by atoms with Gasteiger partial charge in [0.1, 0.15) is 0 Å². The zero-order chi connectivity index (χ0) is 20.6. The second-order valence-electron chi connectivity index (χ2n) is 7.92. The summed E-state index contributed by atoms with van der Waals surface area (Å²) in [5, 5.41) is 8.30. The molecule has 0 spiro atoms. The lowest BCUT2D eigenvalue weighted by molar-refractivity contribution is 0.0346. The van der Waals surface area contributed by atoms with Crippen LogP contribution in [0.3, 0.4) is 0 Å². The molecule has 2 aliphatic rings. The van der Waals surface area contributed by atoms with Gasteiger partial charge in [0.05, 0.1) is 48.4 Å². The van der Waals surface area contributed by atoms with Gasteiger partial charge in [-0.3, -0.25) is 10.00 Å². The van der Waals surface area contributed by atoms with E-state index < -0.39 is 0 Å². The lowest BCUT2D eigenvalue weighted by Crippen LogP contribution is -2.36. The minimum absolute atomic E-state index is 0.726. The number of H-pyrrole nitrogens is 1. The summed E-state index contributed by atoms with van der Waals surface area (Å²) in [5.74, 6) is 1.76. The van der Waals surface area contributed by atoms with Crippen molar-refractivity contribution < 1.29 is 9.47 Å². The monoisotopic (exact) mass is 436 g/mol. The number of fused-ring (bicyclic) bond motifs is 2. The van der Waals surface area contributed by atoms with Crippen molar-refractivity contribution >= 4 is 38.3 Å². The molecule has 2 saturated heterocycles. The van der Waals surface area contributed by atoms with Crippen LogP contribution >= 0.6 is 11.3 Å². The molecule has 31 heavy (non-hydrogen) atoms. The summed E-state index contributed by atoms with van der Waals surface area (Å²) in [6.07, 6.45) is 1.85. The molecule has 2 aliphatic heterocycles. The molecule has 0 aliphatic carbocycles. The third-order valence-electron chi connectivity index (χ3n) is 5.92. The first-order valence-corrected chi connectivity index (χ1v) is 11.5. The topological polar surface area (TPSA) is 79.4 Å². The molecule has 160 valence electrons. The summed E-state index contributed by atoms with van der Waals surface area (Å²) in [5.41, 5.74) is 3.01. The van der Waals surface area contributed by atoms with E-state index in [0.717, 1.165) is 97.5 Å². The van der Waals surface area contributed by atoms with Crippen LogP contribution in [0.5, 0.6) is 0 Å². The Labute approximate surface area is 183 Å². The number of aromatic nitrogens is 4. The van der Waals surface area contributed by atoms with Gasteiger partial charge in [-0.1, -0.05) is 12.1 Å². The van der Waals surface area contributed by atoms with Gasteiger partial charge in [-0.15, -0.1) is 11.3 Å². The Morgan fingerprint density at radius 2 is 1.81 bits per heavy atom. The highest BCUT2D eigenvalue weighted by Crippen LogP contribution is 2.36. The minimum atomic E-state index is 0.726. The first-order chi connectivity index (χ1) is 15.3. The average molecular weight is 437 g/mol. The molecule has 3 aromatic heterocycles. The van der Waals surface area contributed by atoms with Gasteiger partial charge < -0.3 is 14.4 Å². The summed E-state index contributed by atoms with van der Waals surface area (Å²) in [7, 11) is 0. The summed E-state index contributed by atoms with van der Waals surface area (Å²) in [4.78, 5) is 16.2. The first-order valence-electron chi connectivity index (χ1n) is 10.7. The molecule has 0 bridgehead atoms. The maximum Gasteiger partial charge on any atom is 0.162 e. The van der Waals surface area contributed by atoms with E-state index in [9.17, 15) is 0 Å². The SMILES string of the molecule is c1cc(-c2nc(N3CCOCC3)c3sc(CN4CCOCC4)cc3n2)c2cn[nH]c2c1. The van der Waals surface area contributed by atoms with Gasteiger partial charge in [0.15, 0.2) is 11.6 Å². The van der Waals surface area contributed by atoms with Crippen molar-refractivity contribution in [2.75, 3.05) is 57.5 Å². The normalized spacial score (nSPS) is 18.3. The molecule has 2 fully saturated rings. The molecule has 0 amide bonds. The highest BCUT2D eigenvalue weighted by atomic mass is 32.1. The van der Waals surface area contributed by atoms with Crippen LogP contribution in [0.2, 0.25) is 0 Å². The van der Waals surface area contributed by atoms with Gasteiger partial charge >= 0.3 is 0 Å². The van der Waals surface area contributed by atoms with Gasteiger partial charge in [-0.25, -0.2) is 9.97 Å². The Hall–Kier alpha value is -2.59. The van der Waals surface area contributed by atoms with Crippen LogP contribution in [0.15, 0.2) is 30.5 Å². The van der Waals surface area contributed by atoms with E-state index in [1.807, 2.05) is 29.7 Å². The molecule has 0 radical (unpaired) electrons. The molecule has 1 N–H and O–H groups in total. The Morgan fingerprint density at radius 1 is 1.00 bits per heavy atom. The zero-order valence-corrected chi connectivity index (χ0v) is 18.0. The second kappa shape index (κ2) is 8.16. The largest absolute Gasteiger partial charge is 0.379 e. The van der Waals surface area contributed by atoms with E-state index in [2.05, 4.69) is 32.1 Å². The molecule has 5 heterocycles.